The van der Waals surface area contributed by atoms with Gasteiger partial charge in [-0.2, -0.15) is 0 Å². The number of aromatic nitrogens is 3. The van der Waals surface area contributed by atoms with Crippen molar-refractivity contribution >= 4 is 37.7 Å². The average molecular weight is 943 g/mol. The van der Waals surface area contributed by atoms with Gasteiger partial charge in [-0.05, 0) is 76.7 Å². The maximum atomic E-state index is 4.89. The van der Waals surface area contributed by atoms with E-state index in [-0.39, 0.29) is 25.5 Å². The summed E-state index contributed by atoms with van der Waals surface area (Å²) in [6, 6.07) is 51.8. The summed E-state index contributed by atoms with van der Waals surface area (Å²) in [4.78, 5) is 9.13. The molecule has 0 saturated heterocycles. The Balaban J connectivity index is 0.000000251. The molecule has 1 saturated carbocycles. The summed E-state index contributed by atoms with van der Waals surface area (Å²) in [6.45, 7) is 4.74. The van der Waals surface area contributed by atoms with Crippen molar-refractivity contribution in [3.05, 3.63) is 173 Å². The molecular formula is C49H40BrIrN3-2. The van der Waals surface area contributed by atoms with Crippen LogP contribution in [-0.4, -0.2) is 14.5 Å². The first-order valence-corrected chi connectivity index (χ1v) is 19.5. The molecule has 5 heteroatoms. The van der Waals surface area contributed by atoms with Crippen molar-refractivity contribution in [2.75, 3.05) is 0 Å². The quantitative estimate of drug-likeness (QED) is 0.165. The molecule has 0 atom stereocenters. The van der Waals surface area contributed by atoms with Gasteiger partial charge in [0, 0.05) is 48.7 Å². The largest absolute Gasteiger partial charge is 0.309 e. The van der Waals surface area contributed by atoms with Crippen LogP contribution in [-0.2, 0) is 25.5 Å². The average Bonchev–Trinajstić information content (AvgIpc) is 3.56. The van der Waals surface area contributed by atoms with Crippen LogP contribution in [0.15, 0.2) is 144 Å². The van der Waals surface area contributed by atoms with Crippen LogP contribution in [0.1, 0.15) is 68.6 Å². The Morgan fingerprint density at radius 1 is 0.667 bits per heavy atom. The maximum absolute atomic E-state index is 4.89. The van der Waals surface area contributed by atoms with Crippen LogP contribution in [0.25, 0.3) is 61.1 Å². The molecular weight excluding hydrogens is 903 g/mol. The molecule has 0 spiro atoms. The summed E-state index contributed by atoms with van der Waals surface area (Å²) in [5.74, 6) is 0.674. The summed E-state index contributed by atoms with van der Waals surface area (Å²) in [5.41, 5.74) is 14.3. The third-order valence-electron chi connectivity index (χ3n) is 11.3. The van der Waals surface area contributed by atoms with Gasteiger partial charge in [0.05, 0.1) is 16.7 Å². The van der Waals surface area contributed by atoms with Crippen LogP contribution < -0.4 is 0 Å². The van der Waals surface area contributed by atoms with Crippen LogP contribution in [0, 0.1) is 12.1 Å². The molecule has 1 radical (unpaired) electrons. The smallest absolute Gasteiger partial charge is 0.0582 e. The maximum Gasteiger partial charge on any atom is 0.0582 e. The Morgan fingerprint density at radius 2 is 1.41 bits per heavy atom. The zero-order valence-electron chi connectivity index (χ0n) is 30.4. The number of fused-ring (bicyclic) bond motifs is 5. The van der Waals surface area contributed by atoms with E-state index in [0.717, 1.165) is 27.0 Å². The van der Waals surface area contributed by atoms with Gasteiger partial charge >= 0.3 is 0 Å². The Labute approximate surface area is 340 Å². The first-order valence-electron chi connectivity index (χ1n) is 18.7. The molecule has 0 unspecified atom stereocenters. The molecule has 10 rings (SSSR count). The van der Waals surface area contributed by atoms with Gasteiger partial charge in [0.1, 0.15) is 0 Å². The van der Waals surface area contributed by atoms with E-state index in [1.54, 1.807) is 6.20 Å². The van der Waals surface area contributed by atoms with Crippen molar-refractivity contribution in [3.63, 3.8) is 0 Å². The number of benzene rings is 5. The van der Waals surface area contributed by atoms with E-state index in [0.29, 0.717) is 5.92 Å². The minimum Gasteiger partial charge on any atom is -0.309 e. The second-order valence-electron chi connectivity index (χ2n) is 14.8. The standard InChI is InChI=1S/C38H33N2.C11H7BrN.Ir/c1-38(2)32-16-9-15-31-30-14-6-7-17-35(30)40(37(31)32)36-21-19-27(23-33(36)38)26-12-8-13-28(22-26)34-20-18-29(24-39-34)25-10-4-3-5-11-25;12-10-5-3-4-9(8-10)11-6-1-2-7-13-11;/h6-9,12,14-25H,3-5,10-11H2,1-2H3;1-3,5-8H;/q2*-1;. The summed E-state index contributed by atoms with van der Waals surface area (Å²) in [5, 5.41) is 2.65. The van der Waals surface area contributed by atoms with E-state index < -0.39 is 0 Å². The van der Waals surface area contributed by atoms with Crippen molar-refractivity contribution in [2.24, 2.45) is 0 Å². The minimum atomic E-state index is -0.116. The fourth-order valence-corrected chi connectivity index (χ4v) is 8.84. The number of hydrogen-bond donors (Lipinski definition) is 0. The molecule has 0 N–H and O–H groups in total. The van der Waals surface area contributed by atoms with Crippen LogP contribution >= 0.6 is 15.9 Å². The molecule has 1 aliphatic heterocycles. The summed E-state index contributed by atoms with van der Waals surface area (Å²) in [7, 11) is 0. The molecule has 269 valence electrons. The van der Waals surface area contributed by atoms with Crippen molar-refractivity contribution in [2.45, 2.75) is 57.3 Å². The van der Waals surface area contributed by atoms with Gasteiger partial charge in [-0.15, -0.1) is 65.2 Å². The summed E-state index contributed by atoms with van der Waals surface area (Å²) < 4.78 is 3.53. The normalized spacial score (nSPS) is 14.5. The van der Waals surface area contributed by atoms with Crippen molar-refractivity contribution in [1.29, 1.82) is 0 Å². The van der Waals surface area contributed by atoms with E-state index >= 15 is 0 Å². The molecule has 54 heavy (non-hydrogen) atoms. The molecule has 1 aliphatic carbocycles. The number of para-hydroxylation sites is 2. The van der Waals surface area contributed by atoms with Crippen LogP contribution in [0.2, 0.25) is 0 Å². The third kappa shape index (κ3) is 6.68. The van der Waals surface area contributed by atoms with Gasteiger partial charge in [-0.3, -0.25) is 0 Å². The third-order valence-corrected chi connectivity index (χ3v) is 11.8. The monoisotopic (exact) mass is 942 g/mol. The van der Waals surface area contributed by atoms with Crippen molar-refractivity contribution in [1.82, 2.24) is 14.5 Å². The topological polar surface area (TPSA) is 30.7 Å². The minimum absolute atomic E-state index is 0. The Morgan fingerprint density at radius 3 is 2.19 bits per heavy atom. The van der Waals surface area contributed by atoms with E-state index in [2.05, 4.69) is 143 Å². The van der Waals surface area contributed by atoms with E-state index in [1.807, 2.05) is 42.5 Å². The van der Waals surface area contributed by atoms with E-state index in [4.69, 9.17) is 4.98 Å². The molecule has 8 aromatic rings. The summed E-state index contributed by atoms with van der Waals surface area (Å²) >= 11 is 3.41. The molecule has 0 bridgehead atoms. The zero-order valence-corrected chi connectivity index (χ0v) is 34.4. The zero-order chi connectivity index (χ0) is 35.9. The molecule has 3 nitrogen and oxygen atoms in total. The van der Waals surface area contributed by atoms with Gasteiger partial charge < -0.3 is 14.5 Å². The second-order valence-corrected chi connectivity index (χ2v) is 15.8. The molecule has 3 aromatic heterocycles. The Kier molecular flexibility index (Phi) is 10.2. The molecule has 4 heterocycles. The number of halogens is 1. The SMILES string of the molecule is Brc1cc[c-]c(-c2ccccn2)c1.CC1(C)c2cc(-c3cc[c-]c(-c4ccc(C5CCCCC5)cn4)c3)ccc2-n2c3ccccc3c3cccc1c32.[Ir]. The number of nitrogens with zero attached hydrogens (tertiary/aromatic N) is 3. The van der Waals surface area contributed by atoms with Gasteiger partial charge in [0.2, 0.25) is 0 Å². The first-order chi connectivity index (χ1) is 26.0. The molecule has 5 aromatic carbocycles. The van der Waals surface area contributed by atoms with Crippen molar-refractivity contribution in [3.8, 4) is 39.3 Å². The fraction of sp³-hybridized carbons (Fsp3) is 0.184. The van der Waals surface area contributed by atoms with E-state index in [9.17, 15) is 0 Å². The molecule has 0 amide bonds. The summed E-state index contributed by atoms with van der Waals surface area (Å²) in [6.07, 6.45) is 10.5. The number of pyridine rings is 2. The van der Waals surface area contributed by atoms with Gasteiger partial charge in [0.15, 0.2) is 0 Å². The first kappa shape index (κ1) is 36.3. The van der Waals surface area contributed by atoms with Crippen LogP contribution in [0.4, 0.5) is 0 Å². The van der Waals surface area contributed by atoms with Crippen LogP contribution in [0.5, 0.6) is 0 Å². The Bertz CT molecular complexity index is 2580. The van der Waals surface area contributed by atoms with E-state index in [1.165, 1.54) is 87.4 Å². The second kappa shape index (κ2) is 15.2. The predicted molar refractivity (Wildman–Crippen MR) is 222 cm³/mol. The number of rotatable bonds is 4. The van der Waals surface area contributed by atoms with Gasteiger partial charge in [-0.25, -0.2) is 0 Å². The molecule has 2 aliphatic rings. The van der Waals surface area contributed by atoms with Gasteiger partial charge in [0.25, 0.3) is 0 Å². The Hall–Kier alpha value is -4.67. The molecule has 1 fully saturated rings. The predicted octanol–water partition coefficient (Wildman–Crippen LogP) is 13.3. The van der Waals surface area contributed by atoms with Crippen molar-refractivity contribution < 1.29 is 20.1 Å². The number of hydrogen-bond acceptors (Lipinski definition) is 2. The fourth-order valence-electron chi connectivity index (χ4n) is 8.47. The van der Waals surface area contributed by atoms with Gasteiger partial charge in [-0.1, -0.05) is 120 Å². The van der Waals surface area contributed by atoms with Crippen LogP contribution in [0.3, 0.4) is 0 Å².